The third-order valence-electron chi connectivity index (χ3n) is 1.72. The molecule has 0 bridgehead atoms. The Balaban J connectivity index is 3.72. The maximum absolute atomic E-state index is 3.91. The van der Waals surface area contributed by atoms with Crippen LogP contribution in [0.3, 0.4) is 0 Å². The average Bonchev–Trinajstić information content (AvgIpc) is 1.85. The molecule has 0 amide bonds. The number of allylic oxidation sites excluding steroid dienone is 2. The normalized spacial score (nSPS) is 13.2. The fraction of sp³-hybridized carbons (Fsp3) is 0.600. The van der Waals surface area contributed by atoms with Crippen molar-refractivity contribution in [2.45, 2.75) is 27.2 Å². The molecule has 0 aliphatic carbocycles. The second-order valence-electron chi connectivity index (χ2n) is 3.31. The van der Waals surface area contributed by atoms with Crippen molar-refractivity contribution in [2.75, 3.05) is 0 Å². The van der Waals surface area contributed by atoms with E-state index in [0.717, 1.165) is 11.5 Å². The summed E-state index contributed by atoms with van der Waals surface area (Å²) in [6.45, 7) is 14.3. The van der Waals surface area contributed by atoms with Gasteiger partial charge in [0.25, 0.3) is 0 Å². The average molecular weight is 138 g/mol. The molecule has 0 spiro atoms. The Bertz CT molecular complexity index is 120. The van der Waals surface area contributed by atoms with Crippen molar-refractivity contribution in [1.29, 1.82) is 0 Å². The zero-order valence-electron chi connectivity index (χ0n) is 7.35. The van der Waals surface area contributed by atoms with Gasteiger partial charge in [0.2, 0.25) is 0 Å². The second-order valence-corrected chi connectivity index (χ2v) is 3.31. The summed E-state index contributed by atoms with van der Waals surface area (Å²) in [5.41, 5.74) is 1.16. The molecule has 1 unspecified atom stereocenters. The first-order valence-corrected chi connectivity index (χ1v) is 3.89. The van der Waals surface area contributed by atoms with Crippen LogP contribution in [0.25, 0.3) is 0 Å². The molecule has 0 aliphatic heterocycles. The predicted octanol–water partition coefficient (Wildman–Crippen LogP) is 3.41. The van der Waals surface area contributed by atoms with Crippen LogP contribution < -0.4 is 0 Å². The summed E-state index contributed by atoms with van der Waals surface area (Å²) in [5.74, 6) is 1.35. The summed E-state index contributed by atoms with van der Waals surface area (Å²) >= 11 is 0. The van der Waals surface area contributed by atoms with E-state index in [2.05, 4.69) is 33.9 Å². The molecule has 0 saturated carbocycles. The molecule has 0 saturated heterocycles. The first-order chi connectivity index (χ1) is 4.57. The molecule has 0 aromatic rings. The summed E-state index contributed by atoms with van der Waals surface area (Å²) in [5, 5.41) is 0. The largest absolute Gasteiger partial charge is 0.0988 e. The van der Waals surface area contributed by atoms with Crippen LogP contribution >= 0.6 is 0 Å². The van der Waals surface area contributed by atoms with Gasteiger partial charge in [-0.15, -0.1) is 0 Å². The molecule has 0 rings (SSSR count). The Kier molecular flexibility index (Phi) is 4.10. The molecule has 0 N–H and O–H groups in total. The second kappa shape index (κ2) is 4.32. The zero-order valence-corrected chi connectivity index (χ0v) is 7.35. The Morgan fingerprint density at radius 3 is 2.20 bits per heavy atom. The molecule has 0 nitrogen and oxygen atoms in total. The summed E-state index contributed by atoms with van der Waals surface area (Å²) < 4.78 is 0. The molecule has 58 valence electrons. The van der Waals surface area contributed by atoms with Gasteiger partial charge in [-0.05, 0) is 18.3 Å². The zero-order chi connectivity index (χ0) is 8.15. The van der Waals surface area contributed by atoms with Gasteiger partial charge in [-0.3, -0.25) is 0 Å². The minimum absolute atomic E-state index is 0.595. The van der Waals surface area contributed by atoms with E-state index < -0.39 is 0 Å². The van der Waals surface area contributed by atoms with E-state index in [0.29, 0.717) is 5.92 Å². The topological polar surface area (TPSA) is 0 Å². The first-order valence-electron chi connectivity index (χ1n) is 3.89. The van der Waals surface area contributed by atoms with E-state index in [1.165, 1.54) is 6.42 Å². The highest BCUT2D eigenvalue weighted by molar-refractivity contribution is 5.13. The highest BCUT2D eigenvalue weighted by Gasteiger charge is 2.05. The van der Waals surface area contributed by atoms with E-state index in [-0.39, 0.29) is 0 Å². The van der Waals surface area contributed by atoms with Crippen molar-refractivity contribution in [3.63, 3.8) is 0 Å². The van der Waals surface area contributed by atoms with Crippen molar-refractivity contribution in [2.24, 2.45) is 11.8 Å². The lowest BCUT2D eigenvalue weighted by Gasteiger charge is -2.13. The first kappa shape index (κ1) is 9.48. The Hall–Kier alpha value is -0.520. The molecule has 0 heteroatoms. The van der Waals surface area contributed by atoms with Crippen LogP contribution in [0.1, 0.15) is 27.2 Å². The van der Waals surface area contributed by atoms with E-state index in [1.54, 1.807) is 0 Å². The van der Waals surface area contributed by atoms with Gasteiger partial charge in [0.05, 0.1) is 0 Å². The van der Waals surface area contributed by atoms with E-state index in [4.69, 9.17) is 0 Å². The molecule has 0 aromatic carbocycles. The van der Waals surface area contributed by atoms with Gasteiger partial charge in [0.1, 0.15) is 0 Å². The molecular weight excluding hydrogens is 120 g/mol. The van der Waals surface area contributed by atoms with Crippen molar-refractivity contribution < 1.29 is 0 Å². The predicted molar refractivity (Wildman–Crippen MR) is 48.0 cm³/mol. The molecule has 10 heavy (non-hydrogen) atoms. The quantitative estimate of drug-likeness (QED) is 0.522. The van der Waals surface area contributed by atoms with Gasteiger partial charge < -0.3 is 0 Å². The fourth-order valence-electron chi connectivity index (χ4n) is 1.06. The van der Waals surface area contributed by atoms with Gasteiger partial charge >= 0.3 is 0 Å². The summed E-state index contributed by atoms with van der Waals surface area (Å²) in [4.78, 5) is 0. The Morgan fingerprint density at radius 1 is 1.40 bits per heavy atom. The van der Waals surface area contributed by atoms with Gasteiger partial charge in [0.15, 0.2) is 0 Å². The lowest BCUT2D eigenvalue weighted by atomic mass is 9.93. The smallest absolute Gasteiger partial charge is 0.0194 e. The molecule has 0 aliphatic rings. The number of hydrogen-bond donors (Lipinski definition) is 0. The molecule has 1 atom stereocenters. The van der Waals surface area contributed by atoms with Gasteiger partial charge in [-0.2, -0.15) is 0 Å². The van der Waals surface area contributed by atoms with Crippen molar-refractivity contribution in [3.05, 3.63) is 24.8 Å². The van der Waals surface area contributed by atoms with Crippen molar-refractivity contribution in [3.8, 4) is 0 Å². The van der Waals surface area contributed by atoms with Crippen LogP contribution in [0.2, 0.25) is 0 Å². The van der Waals surface area contributed by atoms with Crippen LogP contribution in [0.15, 0.2) is 24.8 Å². The number of rotatable bonds is 4. The van der Waals surface area contributed by atoms with Crippen LogP contribution in [0, 0.1) is 11.8 Å². The van der Waals surface area contributed by atoms with Crippen LogP contribution in [0.5, 0.6) is 0 Å². The van der Waals surface area contributed by atoms with Crippen LogP contribution in [-0.4, -0.2) is 0 Å². The monoisotopic (exact) mass is 138 g/mol. The van der Waals surface area contributed by atoms with E-state index in [9.17, 15) is 0 Å². The third kappa shape index (κ3) is 3.49. The van der Waals surface area contributed by atoms with Crippen molar-refractivity contribution >= 4 is 0 Å². The van der Waals surface area contributed by atoms with Crippen LogP contribution in [0.4, 0.5) is 0 Å². The summed E-state index contributed by atoms with van der Waals surface area (Å²) in [6, 6.07) is 0. The maximum Gasteiger partial charge on any atom is -0.0194 e. The molecule has 0 fully saturated rings. The van der Waals surface area contributed by atoms with Gasteiger partial charge in [0, 0.05) is 0 Å². The number of hydrogen-bond acceptors (Lipinski definition) is 0. The van der Waals surface area contributed by atoms with Crippen LogP contribution in [-0.2, 0) is 0 Å². The molecule has 0 aromatic heterocycles. The summed E-state index contributed by atoms with van der Waals surface area (Å²) in [6.07, 6.45) is 3.07. The lowest BCUT2D eigenvalue weighted by Crippen LogP contribution is -2.00. The highest BCUT2D eigenvalue weighted by atomic mass is 14.1. The van der Waals surface area contributed by atoms with Crippen molar-refractivity contribution in [1.82, 2.24) is 0 Å². The van der Waals surface area contributed by atoms with Gasteiger partial charge in [-0.1, -0.05) is 45.6 Å². The summed E-state index contributed by atoms with van der Waals surface area (Å²) in [7, 11) is 0. The maximum atomic E-state index is 3.91. The Labute approximate surface area is 64.6 Å². The SMILES string of the molecule is C=CC(=C)C(C)CC(C)C. The molecule has 0 heterocycles. The van der Waals surface area contributed by atoms with Gasteiger partial charge in [-0.25, -0.2) is 0 Å². The lowest BCUT2D eigenvalue weighted by molar-refractivity contribution is 0.492. The van der Waals surface area contributed by atoms with E-state index >= 15 is 0 Å². The third-order valence-corrected chi connectivity index (χ3v) is 1.72. The molecule has 0 radical (unpaired) electrons. The standard InChI is InChI=1S/C10H18/c1-6-9(4)10(5)7-8(2)3/h6,8,10H,1,4,7H2,2-3,5H3. The Morgan fingerprint density at radius 2 is 1.90 bits per heavy atom. The fourth-order valence-corrected chi connectivity index (χ4v) is 1.06. The molecular formula is C10H18. The minimum atomic E-state index is 0.595. The van der Waals surface area contributed by atoms with E-state index in [1.807, 2.05) is 6.08 Å². The highest BCUT2D eigenvalue weighted by Crippen LogP contribution is 2.18. The minimum Gasteiger partial charge on any atom is -0.0988 e.